The third kappa shape index (κ3) is 33.6. The lowest BCUT2D eigenvalue weighted by molar-refractivity contribution is -0.724. The Balaban J connectivity index is 0.0000281. The first-order valence-corrected chi connectivity index (χ1v) is 25.1. The lowest BCUT2D eigenvalue weighted by Crippen LogP contribution is -3.00. The van der Waals surface area contributed by atoms with Crippen molar-refractivity contribution in [2.75, 3.05) is 0 Å². The number of aromatic nitrogens is 2. The number of hydrogen-bond donors (Lipinski definition) is 0. The zero-order valence-corrected chi connectivity index (χ0v) is 38.9. The molecule has 0 amide bonds. The van der Waals surface area contributed by atoms with Crippen LogP contribution in [-0.4, -0.2) is 4.57 Å². The molecular formula is C51H101ClN2. The average Bonchev–Trinajstić information content (AvgIpc) is 3.62. The van der Waals surface area contributed by atoms with E-state index in [-0.39, 0.29) is 12.4 Å². The summed E-state index contributed by atoms with van der Waals surface area (Å²) in [7, 11) is 0. The third-order valence-corrected chi connectivity index (χ3v) is 12.7. The Bertz CT molecular complexity index is 820. The van der Waals surface area contributed by atoms with Crippen LogP contribution in [-0.2, 0) is 6.54 Å². The van der Waals surface area contributed by atoms with Crippen LogP contribution in [0.15, 0.2) is 18.7 Å². The van der Waals surface area contributed by atoms with Crippen molar-refractivity contribution in [2.24, 2.45) is 17.8 Å². The Labute approximate surface area is 348 Å². The van der Waals surface area contributed by atoms with Gasteiger partial charge in [-0.2, -0.15) is 0 Å². The van der Waals surface area contributed by atoms with Crippen LogP contribution in [0.25, 0.3) is 0 Å². The molecule has 3 heteroatoms. The molecule has 1 aromatic rings. The van der Waals surface area contributed by atoms with Gasteiger partial charge in [0.15, 0.2) is 0 Å². The fourth-order valence-corrected chi connectivity index (χ4v) is 8.83. The lowest BCUT2D eigenvalue weighted by atomic mass is 9.88. The molecule has 0 saturated carbocycles. The van der Waals surface area contributed by atoms with Gasteiger partial charge in [-0.05, 0) is 49.9 Å². The van der Waals surface area contributed by atoms with E-state index in [0.29, 0.717) is 6.04 Å². The molecule has 2 nitrogen and oxygen atoms in total. The van der Waals surface area contributed by atoms with Crippen molar-refractivity contribution >= 4 is 0 Å². The summed E-state index contributed by atoms with van der Waals surface area (Å²) in [5.41, 5.74) is 0. The summed E-state index contributed by atoms with van der Waals surface area (Å²) in [6, 6.07) is 0.677. The minimum absolute atomic E-state index is 0. The molecule has 0 fully saturated rings. The van der Waals surface area contributed by atoms with E-state index >= 15 is 0 Å². The topological polar surface area (TPSA) is 8.81 Å². The second-order valence-electron chi connectivity index (χ2n) is 18.6. The standard InChI is InChI=1S/C51H101N2.ClH/c1-7-10-13-15-17-19-21-23-25-27-29-31-38-50(39-32-30-28-26-24-22-20-18-16-14-11-8-2)40-33-34-41-51(43-42-49(6)37-35-36-48(4)5)53-46-45-52(47-53)44-12-9-3;/h45-51H,7-44H2,1-6H3;1H/q+1;/p-1. The monoisotopic (exact) mass is 777 g/mol. The van der Waals surface area contributed by atoms with Gasteiger partial charge < -0.3 is 12.4 Å². The molecule has 0 N–H and O–H groups in total. The summed E-state index contributed by atoms with van der Waals surface area (Å²) >= 11 is 0. The van der Waals surface area contributed by atoms with Gasteiger partial charge in [0.2, 0.25) is 6.33 Å². The van der Waals surface area contributed by atoms with Crippen LogP contribution in [0.5, 0.6) is 0 Å². The van der Waals surface area contributed by atoms with Gasteiger partial charge in [-0.1, -0.05) is 247 Å². The predicted molar refractivity (Wildman–Crippen MR) is 239 cm³/mol. The van der Waals surface area contributed by atoms with Gasteiger partial charge in [-0.15, -0.1) is 0 Å². The Hall–Kier alpha value is -0.500. The van der Waals surface area contributed by atoms with Crippen LogP contribution in [0.1, 0.15) is 285 Å². The maximum atomic E-state index is 2.60. The summed E-state index contributed by atoms with van der Waals surface area (Å²) in [4.78, 5) is 0. The molecule has 0 aliphatic heterocycles. The number of aryl methyl sites for hydroxylation is 1. The fourth-order valence-electron chi connectivity index (χ4n) is 8.83. The van der Waals surface area contributed by atoms with E-state index in [1.807, 2.05) is 0 Å². The summed E-state index contributed by atoms with van der Waals surface area (Å²) in [5, 5.41) is 0. The zero-order valence-electron chi connectivity index (χ0n) is 38.2. The highest BCUT2D eigenvalue weighted by molar-refractivity contribution is 4.70. The highest BCUT2D eigenvalue weighted by Crippen LogP contribution is 2.27. The van der Waals surface area contributed by atoms with Gasteiger partial charge in [0.05, 0.1) is 6.54 Å². The number of halogens is 1. The number of rotatable bonds is 42. The van der Waals surface area contributed by atoms with Gasteiger partial charge >= 0.3 is 0 Å². The van der Waals surface area contributed by atoms with E-state index in [1.165, 1.54) is 244 Å². The molecular weight excluding hydrogens is 676 g/mol. The van der Waals surface area contributed by atoms with Crippen LogP contribution in [0.3, 0.4) is 0 Å². The molecule has 0 bridgehead atoms. The van der Waals surface area contributed by atoms with Crippen LogP contribution < -0.4 is 17.0 Å². The minimum Gasteiger partial charge on any atom is -1.00 e. The maximum Gasteiger partial charge on any atom is 0.243 e. The zero-order chi connectivity index (χ0) is 38.5. The van der Waals surface area contributed by atoms with Crippen LogP contribution >= 0.6 is 0 Å². The first-order valence-electron chi connectivity index (χ1n) is 25.1. The predicted octanol–water partition coefficient (Wildman–Crippen LogP) is 14.7. The van der Waals surface area contributed by atoms with Crippen molar-refractivity contribution < 1.29 is 17.0 Å². The Morgan fingerprint density at radius 2 is 0.815 bits per heavy atom. The molecule has 0 saturated heterocycles. The van der Waals surface area contributed by atoms with Crippen LogP contribution in [0, 0.1) is 17.8 Å². The van der Waals surface area contributed by atoms with E-state index in [0.717, 1.165) is 17.8 Å². The fraction of sp³-hybridized carbons (Fsp3) is 0.941. The van der Waals surface area contributed by atoms with E-state index in [1.54, 1.807) is 0 Å². The number of hydrogen-bond acceptors (Lipinski definition) is 0. The molecule has 54 heavy (non-hydrogen) atoms. The second-order valence-corrected chi connectivity index (χ2v) is 18.6. The van der Waals surface area contributed by atoms with Crippen molar-refractivity contribution in [1.82, 2.24) is 4.57 Å². The molecule has 0 radical (unpaired) electrons. The largest absolute Gasteiger partial charge is 1.00 e. The smallest absolute Gasteiger partial charge is 0.243 e. The summed E-state index contributed by atoms with van der Waals surface area (Å²) < 4.78 is 5.05. The van der Waals surface area contributed by atoms with E-state index in [4.69, 9.17) is 0 Å². The van der Waals surface area contributed by atoms with Crippen molar-refractivity contribution in [3.63, 3.8) is 0 Å². The van der Waals surface area contributed by atoms with Crippen LogP contribution in [0.4, 0.5) is 0 Å². The number of imidazole rings is 1. The van der Waals surface area contributed by atoms with Crippen molar-refractivity contribution in [1.29, 1.82) is 0 Å². The third-order valence-electron chi connectivity index (χ3n) is 12.7. The quantitative estimate of drug-likeness (QED) is 0.0462. The molecule has 322 valence electrons. The van der Waals surface area contributed by atoms with Gasteiger partial charge in [0.25, 0.3) is 0 Å². The first-order chi connectivity index (χ1) is 26.0. The summed E-state index contributed by atoms with van der Waals surface area (Å²) in [6.07, 6.45) is 60.5. The van der Waals surface area contributed by atoms with Crippen molar-refractivity contribution in [3.05, 3.63) is 18.7 Å². The molecule has 2 atom stereocenters. The number of unbranched alkanes of at least 4 members (excludes halogenated alkanes) is 24. The van der Waals surface area contributed by atoms with E-state index in [2.05, 4.69) is 69.4 Å². The minimum atomic E-state index is 0. The average molecular weight is 778 g/mol. The highest BCUT2D eigenvalue weighted by Gasteiger charge is 2.19. The summed E-state index contributed by atoms with van der Waals surface area (Å²) in [5.74, 6) is 2.68. The van der Waals surface area contributed by atoms with Crippen molar-refractivity contribution in [3.8, 4) is 0 Å². The SMILES string of the molecule is CCCCCCCCCCCCCCC(CCCCCCCCCCCCCC)CCCCC(CCC(C)CCCC(C)C)[n+]1ccn(CCCC)c1.[Cl-]. The molecule has 0 aliphatic rings. The number of nitrogens with zero attached hydrogens (tertiary/aromatic N) is 2. The lowest BCUT2D eigenvalue weighted by Gasteiger charge is -2.19. The summed E-state index contributed by atoms with van der Waals surface area (Å²) in [6.45, 7) is 15.4. The molecule has 0 aliphatic carbocycles. The first kappa shape index (κ1) is 53.5. The van der Waals surface area contributed by atoms with E-state index < -0.39 is 0 Å². The maximum absolute atomic E-state index is 2.60. The molecule has 1 aromatic heterocycles. The molecule has 1 rings (SSSR count). The van der Waals surface area contributed by atoms with Gasteiger partial charge in [0, 0.05) is 0 Å². The van der Waals surface area contributed by atoms with E-state index in [9.17, 15) is 0 Å². The molecule has 0 aromatic carbocycles. The second kappa shape index (κ2) is 40.7. The highest BCUT2D eigenvalue weighted by atomic mass is 35.5. The van der Waals surface area contributed by atoms with Gasteiger partial charge in [-0.25, -0.2) is 9.13 Å². The Morgan fingerprint density at radius 1 is 0.407 bits per heavy atom. The van der Waals surface area contributed by atoms with Crippen LogP contribution in [0.2, 0.25) is 0 Å². The molecule has 2 unspecified atom stereocenters. The van der Waals surface area contributed by atoms with Gasteiger partial charge in [-0.3, -0.25) is 0 Å². The Morgan fingerprint density at radius 3 is 1.26 bits per heavy atom. The molecule has 0 spiro atoms. The Kier molecular flexibility index (Phi) is 40.3. The van der Waals surface area contributed by atoms with Gasteiger partial charge in [0.1, 0.15) is 18.4 Å². The normalized spacial score (nSPS) is 12.9. The molecule has 1 heterocycles. The van der Waals surface area contributed by atoms with Crippen molar-refractivity contribution in [2.45, 2.75) is 292 Å².